The zero-order valence-corrected chi connectivity index (χ0v) is 15.9. The first-order chi connectivity index (χ1) is 14.7. The van der Waals surface area contributed by atoms with E-state index >= 15 is 0 Å². The molecule has 1 N–H and O–H groups in total. The number of carbonyl (C=O) groups is 1. The Balaban J connectivity index is 1.40. The van der Waals surface area contributed by atoms with E-state index in [4.69, 9.17) is 8.83 Å². The number of nitrogens with one attached hydrogen (secondary N) is 1. The topological polar surface area (TPSA) is 90.3 Å². The van der Waals surface area contributed by atoms with Gasteiger partial charge in [0.1, 0.15) is 16.9 Å². The molecule has 0 radical (unpaired) electrons. The lowest BCUT2D eigenvalue weighted by Crippen LogP contribution is -2.23. The molecule has 3 aromatic heterocycles. The summed E-state index contributed by atoms with van der Waals surface area (Å²) in [6.07, 6.45) is 3.07. The van der Waals surface area contributed by atoms with Crippen LogP contribution < -0.4 is 10.9 Å². The van der Waals surface area contributed by atoms with Gasteiger partial charge in [-0.25, -0.2) is 4.98 Å². The van der Waals surface area contributed by atoms with Crippen molar-refractivity contribution in [2.45, 2.75) is 13.1 Å². The average molecular weight is 399 g/mol. The van der Waals surface area contributed by atoms with Crippen LogP contribution in [0.5, 0.6) is 0 Å². The summed E-state index contributed by atoms with van der Waals surface area (Å²) in [5.41, 5.74) is 2.46. The fraction of sp³-hybridized carbons (Fsp3) is 0.0870. The Kier molecular flexibility index (Phi) is 4.40. The maximum Gasteiger partial charge on any atom is 0.297 e. The highest BCUT2D eigenvalue weighted by molar-refractivity contribution is 6.01. The largest absolute Gasteiger partial charge is 0.467 e. The fourth-order valence-corrected chi connectivity index (χ4v) is 3.42. The van der Waals surface area contributed by atoms with Crippen molar-refractivity contribution in [2.24, 2.45) is 0 Å². The number of carbonyl (C=O) groups excluding carboxylic acids is 1. The van der Waals surface area contributed by atoms with Crippen molar-refractivity contribution < 1.29 is 13.6 Å². The lowest BCUT2D eigenvalue weighted by molar-refractivity contribution is 0.0948. The quantitative estimate of drug-likeness (QED) is 0.487. The molecule has 0 spiro atoms. The van der Waals surface area contributed by atoms with Crippen LogP contribution in [-0.2, 0) is 13.1 Å². The van der Waals surface area contributed by atoms with E-state index in [1.165, 1.54) is 10.9 Å². The summed E-state index contributed by atoms with van der Waals surface area (Å²) < 4.78 is 12.4. The van der Waals surface area contributed by atoms with Crippen LogP contribution >= 0.6 is 0 Å². The van der Waals surface area contributed by atoms with E-state index in [0.717, 1.165) is 10.9 Å². The van der Waals surface area contributed by atoms with Crippen LogP contribution in [0.2, 0.25) is 0 Å². The minimum absolute atomic E-state index is 0.216. The molecule has 148 valence electrons. The van der Waals surface area contributed by atoms with Crippen LogP contribution in [-0.4, -0.2) is 15.5 Å². The molecule has 5 aromatic rings. The van der Waals surface area contributed by atoms with Crippen molar-refractivity contribution in [3.8, 4) is 0 Å². The van der Waals surface area contributed by atoms with Gasteiger partial charge in [-0.2, -0.15) is 0 Å². The number of hydrogen-bond donors (Lipinski definition) is 1. The van der Waals surface area contributed by atoms with E-state index in [1.54, 1.807) is 36.6 Å². The maximum atomic E-state index is 12.9. The molecular formula is C23H17N3O4. The average Bonchev–Trinajstić information content (AvgIpc) is 3.42. The number of fused-ring (bicyclic) bond motifs is 3. The molecule has 0 aliphatic heterocycles. The second-order valence-corrected chi connectivity index (χ2v) is 6.92. The number of rotatable bonds is 5. The van der Waals surface area contributed by atoms with Gasteiger partial charge in [0, 0.05) is 10.9 Å². The predicted octanol–water partition coefficient (Wildman–Crippen LogP) is 3.71. The van der Waals surface area contributed by atoms with Gasteiger partial charge in [0.05, 0.1) is 25.7 Å². The number of hydrogen-bond acceptors (Lipinski definition) is 5. The van der Waals surface area contributed by atoms with Gasteiger partial charge in [0.2, 0.25) is 5.58 Å². The molecule has 1 amide bonds. The number of nitrogens with zero attached hydrogens (tertiary/aromatic N) is 2. The third kappa shape index (κ3) is 3.26. The van der Waals surface area contributed by atoms with Gasteiger partial charge in [0.15, 0.2) is 0 Å². The minimum atomic E-state index is -0.260. The molecule has 0 saturated carbocycles. The normalized spacial score (nSPS) is 11.2. The summed E-state index contributed by atoms with van der Waals surface area (Å²) in [5.74, 6) is 0.461. The molecular weight excluding hydrogens is 382 g/mol. The second kappa shape index (κ2) is 7.36. The van der Waals surface area contributed by atoms with Gasteiger partial charge < -0.3 is 14.2 Å². The lowest BCUT2D eigenvalue weighted by atomic mass is 10.1. The zero-order valence-electron chi connectivity index (χ0n) is 15.9. The summed E-state index contributed by atoms with van der Waals surface area (Å²) in [7, 11) is 0. The smallest absolute Gasteiger partial charge is 0.297 e. The molecule has 7 heteroatoms. The molecule has 0 atom stereocenters. The molecule has 0 aliphatic carbocycles. The highest BCUT2D eigenvalue weighted by Crippen LogP contribution is 2.24. The maximum absolute atomic E-state index is 12.9. The molecule has 0 bridgehead atoms. The van der Waals surface area contributed by atoms with Gasteiger partial charge in [-0.05, 0) is 42.0 Å². The molecule has 30 heavy (non-hydrogen) atoms. The van der Waals surface area contributed by atoms with Crippen molar-refractivity contribution in [3.05, 3.63) is 100 Å². The molecule has 5 rings (SSSR count). The van der Waals surface area contributed by atoms with E-state index in [-0.39, 0.29) is 23.6 Å². The van der Waals surface area contributed by atoms with Crippen molar-refractivity contribution in [1.82, 2.24) is 14.9 Å². The summed E-state index contributed by atoms with van der Waals surface area (Å²) in [6.45, 7) is 0.584. The van der Waals surface area contributed by atoms with Gasteiger partial charge in [-0.3, -0.25) is 14.2 Å². The fourth-order valence-electron chi connectivity index (χ4n) is 3.42. The van der Waals surface area contributed by atoms with Crippen molar-refractivity contribution >= 4 is 28.0 Å². The predicted molar refractivity (Wildman–Crippen MR) is 111 cm³/mol. The summed E-state index contributed by atoms with van der Waals surface area (Å²) in [6, 6.07) is 18.1. The monoisotopic (exact) mass is 399 g/mol. The first-order valence-electron chi connectivity index (χ1n) is 9.45. The van der Waals surface area contributed by atoms with Crippen LogP contribution in [0.4, 0.5) is 0 Å². The molecule has 3 heterocycles. The molecule has 0 fully saturated rings. The van der Waals surface area contributed by atoms with Crippen LogP contribution in [0.3, 0.4) is 0 Å². The number of benzene rings is 2. The Morgan fingerprint density at radius 1 is 1.07 bits per heavy atom. The second-order valence-electron chi connectivity index (χ2n) is 6.92. The highest BCUT2D eigenvalue weighted by atomic mass is 16.3. The summed E-state index contributed by atoms with van der Waals surface area (Å²) in [4.78, 5) is 29.8. The standard InChI is InChI=1S/C23H17N3O4/c27-22(24-12-17-7-4-10-29-17)16-6-3-5-15(11-16)13-26-14-25-20-18-8-1-2-9-19(18)30-21(20)23(26)28/h1-11,14H,12-13H2,(H,24,27). The van der Waals surface area contributed by atoms with E-state index in [1.807, 2.05) is 30.3 Å². The SMILES string of the molecule is O=C(NCc1ccco1)c1cccc(Cn2cnc3c(oc4ccccc43)c2=O)c1. The highest BCUT2D eigenvalue weighted by Gasteiger charge is 2.14. The number of para-hydroxylation sites is 1. The summed E-state index contributed by atoms with van der Waals surface area (Å²) in [5, 5.41) is 3.63. The number of aromatic nitrogens is 2. The zero-order chi connectivity index (χ0) is 20.5. The van der Waals surface area contributed by atoms with Crippen molar-refractivity contribution in [3.63, 3.8) is 0 Å². The van der Waals surface area contributed by atoms with E-state index in [2.05, 4.69) is 10.3 Å². The number of amides is 1. The van der Waals surface area contributed by atoms with Crippen LogP contribution in [0.25, 0.3) is 22.1 Å². The van der Waals surface area contributed by atoms with Gasteiger partial charge >= 0.3 is 0 Å². The van der Waals surface area contributed by atoms with Gasteiger partial charge in [-0.1, -0.05) is 24.3 Å². The Labute approximate surface area is 170 Å². The molecule has 2 aromatic carbocycles. The molecule has 0 unspecified atom stereocenters. The van der Waals surface area contributed by atoms with E-state index in [0.29, 0.717) is 29.0 Å². The molecule has 0 saturated heterocycles. The van der Waals surface area contributed by atoms with Crippen LogP contribution in [0.1, 0.15) is 21.7 Å². The Morgan fingerprint density at radius 2 is 1.97 bits per heavy atom. The van der Waals surface area contributed by atoms with Crippen LogP contribution in [0, 0.1) is 0 Å². The Bertz CT molecular complexity index is 1410. The third-order valence-corrected chi connectivity index (χ3v) is 4.90. The lowest BCUT2D eigenvalue weighted by Gasteiger charge is -2.08. The Morgan fingerprint density at radius 3 is 2.83 bits per heavy atom. The molecule has 0 aliphatic rings. The van der Waals surface area contributed by atoms with E-state index in [9.17, 15) is 9.59 Å². The Hall–Kier alpha value is -4.13. The first-order valence-corrected chi connectivity index (χ1v) is 9.45. The van der Waals surface area contributed by atoms with Crippen molar-refractivity contribution in [2.75, 3.05) is 0 Å². The van der Waals surface area contributed by atoms with Gasteiger partial charge in [0.25, 0.3) is 11.5 Å². The molecule has 7 nitrogen and oxygen atoms in total. The van der Waals surface area contributed by atoms with Crippen LogP contribution in [0.15, 0.2) is 86.9 Å². The van der Waals surface area contributed by atoms with Crippen molar-refractivity contribution in [1.29, 1.82) is 0 Å². The summed E-state index contributed by atoms with van der Waals surface area (Å²) >= 11 is 0. The minimum Gasteiger partial charge on any atom is -0.467 e. The number of furan rings is 2. The van der Waals surface area contributed by atoms with Gasteiger partial charge in [-0.15, -0.1) is 0 Å². The first kappa shape index (κ1) is 17.9. The third-order valence-electron chi connectivity index (χ3n) is 4.90. The van der Waals surface area contributed by atoms with E-state index < -0.39 is 0 Å².